The van der Waals surface area contributed by atoms with Crippen LogP contribution < -0.4 is 0 Å². The van der Waals surface area contributed by atoms with E-state index in [1.54, 1.807) is 22.3 Å². The third-order valence-electron chi connectivity index (χ3n) is 5.33. The number of rotatable bonds is 2. The molecule has 1 unspecified atom stereocenters. The Morgan fingerprint density at radius 1 is 1.00 bits per heavy atom. The molecule has 0 saturated carbocycles. The van der Waals surface area contributed by atoms with Crippen LogP contribution in [0.3, 0.4) is 0 Å². The summed E-state index contributed by atoms with van der Waals surface area (Å²) >= 11 is 0. The molecule has 21 heavy (non-hydrogen) atoms. The van der Waals surface area contributed by atoms with Gasteiger partial charge in [-0.15, -0.1) is 0 Å². The molecule has 0 spiro atoms. The minimum Gasteiger partial charge on any atom is -0.306 e. The van der Waals surface area contributed by atoms with Crippen LogP contribution in [0.5, 0.6) is 0 Å². The Balaban J connectivity index is 1.92. The Hall–Kier alpha value is -1.08. The third-order valence-corrected chi connectivity index (χ3v) is 5.33. The molecular formula is C20H29N. The lowest BCUT2D eigenvalue weighted by molar-refractivity contribution is 0.268. The molecule has 1 aromatic carbocycles. The van der Waals surface area contributed by atoms with Gasteiger partial charge in [-0.1, -0.05) is 37.1 Å². The van der Waals surface area contributed by atoms with Crippen LogP contribution in [0.15, 0.2) is 24.3 Å². The standard InChI is InChI=1S/C20H29N/c1-21(2)18-14-13-17-11-8-12-19(20(17)15-18)16-9-6-4-3-5-7-10-16/h8-9,11-12,18H,3-7,10,13-15H2,1-2H3. The maximum Gasteiger partial charge on any atom is 0.0133 e. The van der Waals surface area contributed by atoms with E-state index in [1.807, 2.05) is 0 Å². The minimum absolute atomic E-state index is 0.716. The zero-order valence-corrected chi connectivity index (χ0v) is 13.7. The average molecular weight is 283 g/mol. The van der Waals surface area contributed by atoms with Gasteiger partial charge in [0.25, 0.3) is 0 Å². The number of hydrogen-bond donors (Lipinski definition) is 0. The summed E-state index contributed by atoms with van der Waals surface area (Å²) in [5.41, 5.74) is 6.45. The zero-order chi connectivity index (χ0) is 14.7. The maximum absolute atomic E-state index is 2.54. The van der Waals surface area contributed by atoms with Crippen molar-refractivity contribution in [3.63, 3.8) is 0 Å². The summed E-state index contributed by atoms with van der Waals surface area (Å²) in [5.74, 6) is 0. The van der Waals surface area contributed by atoms with Crippen molar-refractivity contribution in [3.8, 4) is 0 Å². The van der Waals surface area contributed by atoms with Crippen molar-refractivity contribution in [2.45, 2.75) is 63.8 Å². The first kappa shape index (κ1) is 14.8. The Morgan fingerprint density at radius 2 is 1.86 bits per heavy atom. The monoisotopic (exact) mass is 283 g/mol. The second-order valence-electron chi connectivity index (χ2n) is 6.99. The topological polar surface area (TPSA) is 3.24 Å². The van der Waals surface area contributed by atoms with E-state index in [0.29, 0.717) is 6.04 Å². The second-order valence-corrected chi connectivity index (χ2v) is 6.99. The van der Waals surface area contributed by atoms with Gasteiger partial charge in [-0.3, -0.25) is 0 Å². The smallest absolute Gasteiger partial charge is 0.0133 e. The Kier molecular flexibility index (Phi) is 4.80. The number of nitrogens with zero attached hydrogens (tertiary/aromatic N) is 1. The van der Waals surface area contributed by atoms with Crippen LogP contribution in [0.1, 0.15) is 61.6 Å². The molecular weight excluding hydrogens is 254 g/mol. The first-order valence-corrected chi connectivity index (χ1v) is 8.72. The van der Waals surface area contributed by atoms with Crippen molar-refractivity contribution < 1.29 is 0 Å². The first-order chi connectivity index (χ1) is 10.3. The molecule has 0 saturated heterocycles. The summed E-state index contributed by atoms with van der Waals surface area (Å²) in [6.45, 7) is 0. The highest BCUT2D eigenvalue weighted by molar-refractivity contribution is 5.70. The maximum atomic E-state index is 2.54. The van der Waals surface area contributed by atoms with Crippen LogP contribution in [0.4, 0.5) is 0 Å². The fourth-order valence-electron chi connectivity index (χ4n) is 3.95. The molecule has 0 bridgehead atoms. The molecule has 0 amide bonds. The lowest BCUT2D eigenvalue weighted by Gasteiger charge is -2.31. The van der Waals surface area contributed by atoms with Crippen LogP contribution in [-0.2, 0) is 12.8 Å². The molecule has 2 aliphatic carbocycles. The van der Waals surface area contributed by atoms with Crippen molar-refractivity contribution in [1.82, 2.24) is 4.90 Å². The molecule has 0 heterocycles. The number of fused-ring (bicyclic) bond motifs is 1. The van der Waals surface area contributed by atoms with Crippen LogP contribution in [-0.4, -0.2) is 25.0 Å². The van der Waals surface area contributed by atoms with Crippen molar-refractivity contribution in [1.29, 1.82) is 0 Å². The van der Waals surface area contributed by atoms with Gasteiger partial charge < -0.3 is 4.90 Å². The Labute approximate surface area is 130 Å². The van der Waals surface area contributed by atoms with Gasteiger partial charge >= 0.3 is 0 Å². The van der Waals surface area contributed by atoms with Crippen LogP contribution in [0.2, 0.25) is 0 Å². The lowest BCUT2D eigenvalue weighted by Crippen LogP contribution is -2.34. The molecule has 1 nitrogen and oxygen atoms in total. The van der Waals surface area contributed by atoms with Crippen LogP contribution in [0, 0.1) is 0 Å². The number of benzene rings is 1. The second kappa shape index (κ2) is 6.79. The van der Waals surface area contributed by atoms with E-state index in [9.17, 15) is 0 Å². The SMILES string of the molecule is CN(C)C1CCc2cccc(C3=CCCCCCC3)c2C1. The highest BCUT2D eigenvalue weighted by Crippen LogP contribution is 2.33. The van der Waals surface area contributed by atoms with Gasteiger partial charge in [0.2, 0.25) is 0 Å². The van der Waals surface area contributed by atoms with Gasteiger partial charge in [-0.25, -0.2) is 0 Å². The highest BCUT2D eigenvalue weighted by atomic mass is 15.1. The molecule has 0 aromatic heterocycles. The van der Waals surface area contributed by atoms with E-state index in [0.717, 1.165) is 0 Å². The largest absolute Gasteiger partial charge is 0.306 e. The third kappa shape index (κ3) is 3.40. The van der Waals surface area contributed by atoms with E-state index in [4.69, 9.17) is 0 Å². The molecule has 1 heteroatoms. The van der Waals surface area contributed by atoms with Crippen molar-refractivity contribution in [3.05, 3.63) is 41.0 Å². The molecule has 3 rings (SSSR count). The molecule has 0 N–H and O–H groups in total. The van der Waals surface area contributed by atoms with Crippen molar-refractivity contribution in [2.24, 2.45) is 0 Å². The van der Waals surface area contributed by atoms with Gasteiger partial charge in [0.05, 0.1) is 0 Å². The normalized spacial score (nSPS) is 23.2. The fourth-order valence-corrected chi connectivity index (χ4v) is 3.95. The van der Waals surface area contributed by atoms with E-state index in [-0.39, 0.29) is 0 Å². The zero-order valence-electron chi connectivity index (χ0n) is 13.7. The summed E-state index contributed by atoms with van der Waals surface area (Å²) in [7, 11) is 4.46. The fraction of sp³-hybridized carbons (Fsp3) is 0.600. The lowest BCUT2D eigenvalue weighted by atomic mass is 9.81. The number of aryl methyl sites for hydroxylation is 1. The molecule has 0 aliphatic heterocycles. The predicted molar refractivity (Wildman–Crippen MR) is 91.6 cm³/mol. The minimum atomic E-state index is 0.716. The van der Waals surface area contributed by atoms with E-state index in [2.05, 4.69) is 43.3 Å². The van der Waals surface area contributed by atoms with Crippen molar-refractivity contribution in [2.75, 3.05) is 14.1 Å². The summed E-state index contributed by atoms with van der Waals surface area (Å²) < 4.78 is 0. The Bertz CT molecular complexity index is 513. The summed E-state index contributed by atoms with van der Waals surface area (Å²) in [6, 6.07) is 7.73. The molecule has 1 atom stereocenters. The molecule has 0 fully saturated rings. The molecule has 114 valence electrons. The first-order valence-electron chi connectivity index (χ1n) is 8.72. The van der Waals surface area contributed by atoms with Gasteiger partial charge in [-0.2, -0.15) is 0 Å². The molecule has 2 aliphatic rings. The van der Waals surface area contributed by atoms with Gasteiger partial charge in [0.15, 0.2) is 0 Å². The number of likely N-dealkylation sites (N-methyl/N-ethyl adjacent to an activating group) is 1. The summed E-state index contributed by atoms with van der Waals surface area (Å²) in [5, 5.41) is 0. The van der Waals surface area contributed by atoms with Gasteiger partial charge in [0.1, 0.15) is 0 Å². The predicted octanol–water partition coefficient (Wildman–Crippen LogP) is 4.84. The van der Waals surface area contributed by atoms with E-state index in [1.165, 1.54) is 57.8 Å². The van der Waals surface area contributed by atoms with E-state index >= 15 is 0 Å². The summed E-state index contributed by atoms with van der Waals surface area (Å²) in [4.78, 5) is 2.41. The van der Waals surface area contributed by atoms with Crippen LogP contribution >= 0.6 is 0 Å². The quantitative estimate of drug-likeness (QED) is 0.750. The number of hydrogen-bond acceptors (Lipinski definition) is 1. The molecule has 1 aromatic rings. The number of allylic oxidation sites excluding steroid dienone is 2. The van der Waals surface area contributed by atoms with Crippen molar-refractivity contribution >= 4 is 5.57 Å². The highest BCUT2D eigenvalue weighted by Gasteiger charge is 2.23. The average Bonchev–Trinajstić information content (AvgIpc) is 2.46. The Morgan fingerprint density at radius 3 is 2.71 bits per heavy atom. The van der Waals surface area contributed by atoms with Gasteiger partial charge in [-0.05, 0) is 81.3 Å². The van der Waals surface area contributed by atoms with Crippen LogP contribution in [0.25, 0.3) is 5.57 Å². The summed E-state index contributed by atoms with van der Waals surface area (Å²) in [6.07, 6.45) is 14.4. The molecule has 0 radical (unpaired) electrons. The van der Waals surface area contributed by atoms with Gasteiger partial charge in [0, 0.05) is 6.04 Å². The van der Waals surface area contributed by atoms with E-state index < -0.39 is 0 Å².